The van der Waals surface area contributed by atoms with Crippen LogP contribution in [0.5, 0.6) is 5.75 Å². The molecule has 3 aromatic rings. The molecule has 32 heavy (non-hydrogen) atoms. The van der Waals surface area contributed by atoms with Crippen LogP contribution in [-0.2, 0) is 0 Å². The predicted octanol–water partition coefficient (Wildman–Crippen LogP) is 4.00. The van der Waals surface area contributed by atoms with Gasteiger partial charge in [-0.2, -0.15) is 4.98 Å². The van der Waals surface area contributed by atoms with Gasteiger partial charge in [-0.05, 0) is 62.4 Å². The zero-order chi connectivity index (χ0) is 21.8. The van der Waals surface area contributed by atoms with E-state index < -0.39 is 0 Å². The molecule has 1 aromatic heterocycles. The van der Waals surface area contributed by atoms with Crippen LogP contribution in [-0.4, -0.2) is 48.2 Å². The van der Waals surface area contributed by atoms with Crippen molar-refractivity contribution >= 4 is 28.6 Å². The van der Waals surface area contributed by atoms with E-state index in [9.17, 15) is 4.79 Å². The van der Waals surface area contributed by atoms with Gasteiger partial charge in [-0.25, -0.2) is 4.98 Å². The first-order chi connectivity index (χ1) is 15.8. The van der Waals surface area contributed by atoms with E-state index in [-0.39, 0.29) is 5.91 Å². The van der Waals surface area contributed by atoms with Crippen LogP contribution in [0.1, 0.15) is 42.5 Å². The number of nitrogens with one attached hydrogen (secondary N) is 2. The molecule has 0 spiro atoms. The maximum absolute atomic E-state index is 12.3. The topological polar surface area (TPSA) is 79.4 Å². The Balaban J connectivity index is 1.23. The fourth-order valence-corrected chi connectivity index (χ4v) is 4.00. The van der Waals surface area contributed by atoms with Crippen LogP contribution in [0.3, 0.4) is 0 Å². The van der Waals surface area contributed by atoms with Crippen LogP contribution in [0.4, 0.5) is 11.8 Å². The quantitative estimate of drug-likeness (QED) is 0.525. The zero-order valence-electron chi connectivity index (χ0n) is 18.2. The van der Waals surface area contributed by atoms with Crippen molar-refractivity contribution in [3.8, 4) is 5.75 Å². The molecule has 0 bridgehead atoms. The molecule has 0 unspecified atom stereocenters. The Morgan fingerprint density at radius 2 is 1.88 bits per heavy atom. The minimum atomic E-state index is -0.0335. The maximum Gasteiger partial charge on any atom is 0.251 e. The van der Waals surface area contributed by atoms with Gasteiger partial charge in [-0.1, -0.05) is 18.2 Å². The molecule has 0 radical (unpaired) electrons. The highest BCUT2D eigenvalue weighted by atomic mass is 16.5. The van der Waals surface area contributed by atoms with E-state index in [0.717, 1.165) is 48.6 Å². The van der Waals surface area contributed by atoms with E-state index in [1.807, 2.05) is 42.5 Å². The highest BCUT2D eigenvalue weighted by Crippen LogP contribution is 2.25. The van der Waals surface area contributed by atoms with Crippen molar-refractivity contribution in [2.24, 2.45) is 0 Å². The highest BCUT2D eigenvalue weighted by Gasteiger charge is 2.23. The first-order valence-electron chi connectivity index (χ1n) is 11.6. The van der Waals surface area contributed by atoms with Crippen molar-refractivity contribution in [1.82, 2.24) is 15.3 Å². The molecule has 1 amide bonds. The van der Waals surface area contributed by atoms with Gasteiger partial charge in [0.05, 0.1) is 12.1 Å². The summed E-state index contributed by atoms with van der Waals surface area (Å²) >= 11 is 0. The van der Waals surface area contributed by atoms with Crippen LogP contribution < -0.4 is 20.3 Å². The van der Waals surface area contributed by atoms with E-state index >= 15 is 0 Å². The largest absolute Gasteiger partial charge is 0.492 e. The number of hydrogen-bond donors (Lipinski definition) is 2. The second kappa shape index (κ2) is 9.42. The summed E-state index contributed by atoms with van der Waals surface area (Å²) in [6.45, 7) is 3.07. The summed E-state index contributed by atoms with van der Waals surface area (Å²) in [5.74, 6) is 2.28. The number of anilines is 2. The third kappa shape index (κ3) is 4.93. The Labute approximate surface area is 188 Å². The number of hydrogen-bond acceptors (Lipinski definition) is 6. The molecule has 5 rings (SSSR count). The van der Waals surface area contributed by atoms with E-state index in [1.165, 1.54) is 19.3 Å². The van der Waals surface area contributed by atoms with Crippen molar-refractivity contribution < 1.29 is 9.53 Å². The van der Waals surface area contributed by atoms with Crippen molar-refractivity contribution in [1.29, 1.82) is 0 Å². The standard InChI is InChI=1S/C25H29N5O2/c31-24(27-19-11-12-19)18-7-6-8-20(17-18)32-16-13-26-23-21-9-2-3-10-22(21)28-25(29-23)30-14-4-1-5-15-30/h2-3,6-10,17,19H,1,4-5,11-16H2,(H,27,31)(H,26,28,29). The first kappa shape index (κ1) is 20.5. The van der Waals surface area contributed by atoms with Crippen molar-refractivity contribution in [3.05, 3.63) is 54.1 Å². The van der Waals surface area contributed by atoms with E-state index in [0.29, 0.717) is 30.5 Å². The van der Waals surface area contributed by atoms with Gasteiger partial charge in [-0.3, -0.25) is 4.79 Å². The van der Waals surface area contributed by atoms with Gasteiger partial charge in [0.25, 0.3) is 5.91 Å². The number of aromatic nitrogens is 2. The Hall–Kier alpha value is -3.35. The molecule has 1 aliphatic carbocycles. The Kier molecular flexibility index (Phi) is 6.05. The average molecular weight is 432 g/mol. The molecule has 7 nitrogen and oxygen atoms in total. The van der Waals surface area contributed by atoms with Gasteiger partial charge in [0.15, 0.2) is 0 Å². The van der Waals surface area contributed by atoms with Crippen LogP contribution in [0, 0.1) is 0 Å². The summed E-state index contributed by atoms with van der Waals surface area (Å²) in [5.41, 5.74) is 1.58. The van der Waals surface area contributed by atoms with Gasteiger partial charge in [0, 0.05) is 30.1 Å². The number of piperidine rings is 1. The third-order valence-electron chi connectivity index (χ3n) is 5.90. The molecular weight excluding hydrogens is 402 g/mol. The number of carbonyl (C=O) groups is 1. The van der Waals surface area contributed by atoms with Crippen LogP contribution in [0.25, 0.3) is 10.9 Å². The van der Waals surface area contributed by atoms with Crippen molar-refractivity contribution in [2.45, 2.75) is 38.1 Å². The summed E-state index contributed by atoms with van der Waals surface area (Å²) in [7, 11) is 0. The summed E-state index contributed by atoms with van der Waals surface area (Å²) in [6.07, 6.45) is 5.79. The van der Waals surface area contributed by atoms with Gasteiger partial charge >= 0.3 is 0 Å². The number of rotatable bonds is 8. The Bertz CT molecular complexity index is 1090. The molecule has 7 heteroatoms. The van der Waals surface area contributed by atoms with Gasteiger partial charge < -0.3 is 20.3 Å². The molecule has 1 saturated heterocycles. The molecule has 2 fully saturated rings. The van der Waals surface area contributed by atoms with E-state index in [4.69, 9.17) is 14.7 Å². The molecule has 2 heterocycles. The Morgan fingerprint density at radius 1 is 1.03 bits per heavy atom. The lowest BCUT2D eigenvalue weighted by atomic mass is 10.1. The molecule has 1 aliphatic heterocycles. The zero-order valence-corrected chi connectivity index (χ0v) is 18.2. The number of fused-ring (bicyclic) bond motifs is 1. The SMILES string of the molecule is O=C(NC1CC1)c1cccc(OCCNc2nc(N3CCCCC3)nc3ccccc23)c1. The molecule has 2 aliphatic rings. The lowest BCUT2D eigenvalue weighted by molar-refractivity contribution is 0.0950. The molecule has 2 N–H and O–H groups in total. The molecule has 166 valence electrons. The second-order valence-electron chi connectivity index (χ2n) is 8.49. The monoisotopic (exact) mass is 431 g/mol. The minimum Gasteiger partial charge on any atom is -0.492 e. The van der Waals surface area contributed by atoms with Gasteiger partial charge in [0.2, 0.25) is 5.95 Å². The van der Waals surface area contributed by atoms with Crippen LogP contribution in [0.2, 0.25) is 0 Å². The van der Waals surface area contributed by atoms with Crippen LogP contribution in [0.15, 0.2) is 48.5 Å². The van der Waals surface area contributed by atoms with E-state index in [2.05, 4.69) is 15.5 Å². The minimum absolute atomic E-state index is 0.0335. The Morgan fingerprint density at radius 3 is 2.72 bits per heavy atom. The number of nitrogens with zero attached hydrogens (tertiary/aromatic N) is 3. The van der Waals surface area contributed by atoms with Crippen molar-refractivity contribution in [3.63, 3.8) is 0 Å². The number of para-hydroxylation sites is 1. The van der Waals surface area contributed by atoms with Gasteiger partial charge in [-0.15, -0.1) is 0 Å². The molecule has 2 aromatic carbocycles. The van der Waals surface area contributed by atoms with Crippen LogP contribution >= 0.6 is 0 Å². The van der Waals surface area contributed by atoms with Gasteiger partial charge in [0.1, 0.15) is 18.2 Å². The summed E-state index contributed by atoms with van der Waals surface area (Å²) < 4.78 is 5.90. The number of benzene rings is 2. The number of amides is 1. The normalized spacial score (nSPS) is 16.1. The third-order valence-corrected chi connectivity index (χ3v) is 5.90. The number of ether oxygens (including phenoxy) is 1. The molecular formula is C25H29N5O2. The number of carbonyl (C=O) groups excluding carboxylic acids is 1. The van der Waals surface area contributed by atoms with E-state index in [1.54, 1.807) is 6.07 Å². The summed E-state index contributed by atoms with van der Waals surface area (Å²) in [6, 6.07) is 15.8. The average Bonchev–Trinajstić information content (AvgIpc) is 3.66. The smallest absolute Gasteiger partial charge is 0.251 e. The summed E-state index contributed by atoms with van der Waals surface area (Å²) in [5, 5.41) is 7.44. The predicted molar refractivity (Wildman–Crippen MR) is 127 cm³/mol. The fraction of sp³-hybridized carbons (Fsp3) is 0.400. The molecule has 0 atom stereocenters. The summed E-state index contributed by atoms with van der Waals surface area (Å²) in [4.78, 5) is 24.2. The van der Waals surface area contributed by atoms with Crippen molar-refractivity contribution in [2.75, 3.05) is 36.5 Å². The fourth-order valence-electron chi connectivity index (χ4n) is 4.00. The first-order valence-corrected chi connectivity index (χ1v) is 11.6. The second-order valence-corrected chi connectivity index (χ2v) is 8.49. The molecule has 1 saturated carbocycles. The maximum atomic E-state index is 12.3. The lowest BCUT2D eigenvalue weighted by Crippen LogP contribution is -2.31. The lowest BCUT2D eigenvalue weighted by Gasteiger charge is -2.27. The highest BCUT2D eigenvalue weighted by molar-refractivity contribution is 5.95.